The first-order chi connectivity index (χ1) is 10.6. The Labute approximate surface area is 129 Å². The van der Waals surface area contributed by atoms with Gasteiger partial charge in [0.15, 0.2) is 0 Å². The number of rotatable bonds is 7. The number of hydrogen-bond acceptors (Lipinski definition) is 3. The van der Waals surface area contributed by atoms with E-state index in [1.165, 1.54) is 12.1 Å². The standard InChI is InChI=1S/C16H21FN4O/c1-20(2)15(13-5-3-6-14(17)11-13)12-18-16(22)7-10-21-9-4-8-19-21/h3-6,8-9,11,15H,7,10,12H2,1-2H3,(H,18,22). The molecule has 0 saturated carbocycles. The predicted molar refractivity (Wildman–Crippen MR) is 82.7 cm³/mol. The van der Waals surface area contributed by atoms with Gasteiger partial charge in [-0.05, 0) is 37.9 Å². The normalized spacial score (nSPS) is 12.4. The van der Waals surface area contributed by atoms with Gasteiger partial charge in [0, 0.05) is 31.9 Å². The SMILES string of the molecule is CN(C)C(CNC(=O)CCn1cccn1)c1cccc(F)c1. The van der Waals surface area contributed by atoms with Crippen molar-refractivity contribution in [2.45, 2.75) is 19.0 Å². The van der Waals surface area contributed by atoms with Crippen LogP contribution in [0.4, 0.5) is 4.39 Å². The Bertz CT molecular complexity index is 598. The maximum Gasteiger partial charge on any atom is 0.221 e. The third kappa shape index (κ3) is 4.66. The second-order valence-corrected chi connectivity index (χ2v) is 5.36. The monoisotopic (exact) mass is 304 g/mol. The zero-order valence-corrected chi connectivity index (χ0v) is 12.9. The molecule has 0 bridgehead atoms. The molecule has 0 fully saturated rings. The van der Waals surface area contributed by atoms with Gasteiger partial charge in [0.2, 0.25) is 5.91 Å². The third-order valence-corrected chi connectivity index (χ3v) is 3.48. The topological polar surface area (TPSA) is 50.2 Å². The van der Waals surface area contributed by atoms with Crippen LogP contribution in [-0.2, 0) is 11.3 Å². The highest BCUT2D eigenvalue weighted by Crippen LogP contribution is 2.18. The second kappa shape index (κ2) is 7.70. The molecule has 1 aromatic carbocycles. The summed E-state index contributed by atoms with van der Waals surface area (Å²) in [6.45, 7) is 0.986. The van der Waals surface area contributed by atoms with Gasteiger partial charge in [-0.2, -0.15) is 5.10 Å². The Hall–Kier alpha value is -2.21. The molecule has 0 aliphatic heterocycles. The van der Waals surface area contributed by atoms with Crippen LogP contribution in [-0.4, -0.2) is 41.2 Å². The predicted octanol–water partition coefficient (Wildman–Crippen LogP) is 1.83. The molecule has 2 rings (SSSR count). The van der Waals surface area contributed by atoms with Gasteiger partial charge in [-0.1, -0.05) is 12.1 Å². The molecule has 1 aromatic heterocycles. The number of benzene rings is 1. The fraction of sp³-hybridized carbons (Fsp3) is 0.375. The molecule has 0 saturated heterocycles. The van der Waals surface area contributed by atoms with Crippen LogP contribution in [0, 0.1) is 5.82 Å². The lowest BCUT2D eigenvalue weighted by molar-refractivity contribution is -0.121. The van der Waals surface area contributed by atoms with E-state index in [1.54, 1.807) is 16.9 Å². The van der Waals surface area contributed by atoms with Gasteiger partial charge < -0.3 is 10.2 Å². The minimum atomic E-state index is -0.269. The van der Waals surface area contributed by atoms with E-state index in [4.69, 9.17) is 0 Å². The molecule has 22 heavy (non-hydrogen) atoms. The van der Waals surface area contributed by atoms with Crippen molar-refractivity contribution in [3.8, 4) is 0 Å². The van der Waals surface area contributed by atoms with Crippen LogP contribution in [0.15, 0.2) is 42.7 Å². The highest BCUT2D eigenvalue weighted by Gasteiger charge is 2.15. The number of carbonyl (C=O) groups excluding carboxylic acids is 1. The minimum absolute atomic E-state index is 0.0428. The Morgan fingerprint density at radius 3 is 2.86 bits per heavy atom. The Morgan fingerprint density at radius 2 is 2.23 bits per heavy atom. The van der Waals surface area contributed by atoms with E-state index in [2.05, 4.69) is 10.4 Å². The van der Waals surface area contributed by atoms with Crippen LogP contribution >= 0.6 is 0 Å². The van der Waals surface area contributed by atoms with Gasteiger partial charge in [0.25, 0.3) is 0 Å². The summed E-state index contributed by atoms with van der Waals surface area (Å²) in [6.07, 6.45) is 3.87. The van der Waals surface area contributed by atoms with Crippen molar-refractivity contribution in [2.24, 2.45) is 0 Å². The summed E-state index contributed by atoms with van der Waals surface area (Å²) in [7, 11) is 3.82. The van der Waals surface area contributed by atoms with Crippen molar-refractivity contribution < 1.29 is 9.18 Å². The summed E-state index contributed by atoms with van der Waals surface area (Å²) in [6, 6.07) is 8.22. The van der Waals surface area contributed by atoms with E-state index in [0.717, 1.165) is 5.56 Å². The summed E-state index contributed by atoms with van der Waals surface area (Å²) >= 11 is 0. The first kappa shape index (κ1) is 16.2. The number of likely N-dealkylation sites (N-methyl/N-ethyl adjacent to an activating group) is 1. The molecule has 5 nitrogen and oxygen atoms in total. The van der Waals surface area contributed by atoms with E-state index in [1.807, 2.05) is 37.3 Å². The highest BCUT2D eigenvalue weighted by molar-refractivity contribution is 5.75. The van der Waals surface area contributed by atoms with Gasteiger partial charge in [0.05, 0.1) is 6.04 Å². The van der Waals surface area contributed by atoms with Gasteiger partial charge in [0.1, 0.15) is 5.82 Å². The summed E-state index contributed by atoms with van der Waals surface area (Å²) in [5.41, 5.74) is 0.845. The highest BCUT2D eigenvalue weighted by atomic mass is 19.1. The lowest BCUT2D eigenvalue weighted by Gasteiger charge is -2.25. The Kier molecular flexibility index (Phi) is 5.66. The first-order valence-electron chi connectivity index (χ1n) is 7.22. The fourth-order valence-electron chi connectivity index (χ4n) is 2.26. The first-order valence-corrected chi connectivity index (χ1v) is 7.22. The van der Waals surface area contributed by atoms with Gasteiger partial charge in [-0.15, -0.1) is 0 Å². The summed E-state index contributed by atoms with van der Waals surface area (Å²) in [4.78, 5) is 13.9. The van der Waals surface area contributed by atoms with Crippen molar-refractivity contribution in [3.05, 3.63) is 54.1 Å². The molecule has 1 unspecified atom stereocenters. The number of nitrogens with zero attached hydrogens (tertiary/aromatic N) is 3. The fourth-order valence-corrected chi connectivity index (χ4v) is 2.26. The smallest absolute Gasteiger partial charge is 0.221 e. The van der Waals surface area contributed by atoms with Gasteiger partial charge in [-0.25, -0.2) is 4.39 Å². The third-order valence-electron chi connectivity index (χ3n) is 3.48. The number of aromatic nitrogens is 2. The molecular formula is C16H21FN4O. The second-order valence-electron chi connectivity index (χ2n) is 5.36. The van der Waals surface area contributed by atoms with Crippen LogP contribution in [0.1, 0.15) is 18.0 Å². The van der Waals surface area contributed by atoms with E-state index in [9.17, 15) is 9.18 Å². The molecular weight excluding hydrogens is 283 g/mol. The lowest BCUT2D eigenvalue weighted by atomic mass is 10.1. The molecule has 0 aliphatic rings. The summed E-state index contributed by atoms with van der Waals surface area (Å²) in [5, 5.41) is 6.96. The molecule has 1 atom stereocenters. The molecule has 6 heteroatoms. The van der Waals surface area contributed by atoms with Crippen molar-refractivity contribution in [2.75, 3.05) is 20.6 Å². The van der Waals surface area contributed by atoms with E-state index < -0.39 is 0 Å². The van der Waals surface area contributed by atoms with Crippen molar-refractivity contribution >= 4 is 5.91 Å². The molecule has 0 radical (unpaired) electrons. The molecule has 1 heterocycles. The number of hydrogen-bond donors (Lipinski definition) is 1. The lowest BCUT2D eigenvalue weighted by Crippen LogP contribution is -2.35. The average molecular weight is 304 g/mol. The molecule has 118 valence electrons. The Morgan fingerprint density at radius 1 is 1.41 bits per heavy atom. The molecule has 1 N–H and O–H groups in total. The number of aryl methyl sites for hydroxylation is 1. The van der Waals surface area contributed by atoms with E-state index >= 15 is 0 Å². The number of halogens is 1. The number of amides is 1. The quantitative estimate of drug-likeness (QED) is 0.849. The van der Waals surface area contributed by atoms with Crippen molar-refractivity contribution in [1.82, 2.24) is 20.0 Å². The van der Waals surface area contributed by atoms with Crippen LogP contribution in [0.2, 0.25) is 0 Å². The maximum atomic E-state index is 13.4. The van der Waals surface area contributed by atoms with Crippen LogP contribution in [0.3, 0.4) is 0 Å². The van der Waals surface area contributed by atoms with Crippen molar-refractivity contribution in [1.29, 1.82) is 0 Å². The van der Waals surface area contributed by atoms with Crippen LogP contribution in [0.5, 0.6) is 0 Å². The average Bonchev–Trinajstić information content (AvgIpc) is 2.98. The van der Waals surface area contributed by atoms with Crippen LogP contribution in [0.25, 0.3) is 0 Å². The van der Waals surface area contributed by atoms with Crippen LogP contribution < -0.4 is 5.32 Å². The molecule has 1 amide bonds. The zero-order chi connectivity index (χ0) is 15.9. The van der Waals surface area contributed by atoms with Crippen molar-refractivity contribution in [3.63, 3.8) is 0 Å². The molecule has 2 aromatic rings. The van der Waals surface area contributed by atoms with Gasteiger partial charge >= 0.3 is 0 Å². The minimum Gasteiger partial charge on any atom is -0.354 e. The largest absolute Gasteiger partial charge is 0.354 e. The Balaban J connectivity index is 1.87. The molecule has 0 spiro atoms. The van der Waals surface area contributed by atoms with Gasteiger partial charge in [-0.3, -0.25) is 9.48 Å². The zero-order valence-electron chi connectivity index (χ0n) is 12.9. The number of nitrogens with one attached hydrogen (secondary N) is 1. The number of carbonyl (C=O) groups is 1. The maximum absolute atomic E-state index is 13.4. The summed E-state index contributed by atoms with van der Waals surface area (Å²) in [5.74, 6) is -0.312. The van der Waals surface area contributed by atoms with E-state index in [0.29, 0.717) is 19.5 Å². The summed E-state index contributed by atoms with van der Waals surface area (Å²) < 4.78 is 15.1. The molecule has 0 aliphatic carbocycles. The van der Waals surface area contributed by atoms with E-state index in [-0.39, 0.29) is 17.8 Å².